The van der Waals surface area contributed by atoms with E-state index >= 15 is 0 Å². The summed E-state index contributed by atoms with van der Waals surface area (Å²) in [5.74, 6) is 0.792. The molecule has 0 nitrogen and oxygen atoms in total. The second kappa shape index (κ2) is 1.85. The monoisotopic (exact) mass is 132 g/mol. The zero-order valence-electron chi connectivity index (χ0n) is 6.52. The van der Waals surface area contributed by atoms with Crippen molar-refractivity contribution in [1.29, 1.82) is 0 Å². The molecule has 0 heteroatoms. The quantitative estimate of drug-likeness (QED) is 0.589. The summed E-state index contributed by atoms with van der Waals surface area (Å²) >= 11 is 0. The Morgan fingerprint density at radius 2 is 2.10 bits per heavy atom. The summed E-state index contributed by atoms with van der Waals surface area (Å²) in [4.78, 5) is 0. The van der Waals surface area contributed by atoms with Crippen LogP contribution < -0.4 is 0 Å². The van der Waals surface area contributed by atoms with Gasteiger partial charge in [0.1, 0.15) is 0 Å². The molecule has 0 heterocycles. The van der Waals surface area contributed by atoms with E-state index in [1.807, 2.05) is 0 Å². The van der Waals surface area contributed by atoms with Gasteiger partial charge in [-0.3, -0.25) is 0 Å². The average molecular weight is 132 g/mol. The molecule has 0 aromatic carbocycles. The number of hydrogen-bond acceptors (Lipinski definition) is 0. The van der Waals surface area contributed by atoms with Crippen LogP contribution in [0.5, 0.6) is 0 Å². The molecule has 52 valence electrons. The van der Waals surface area contributed by atoms with Crippen molar-refractivity contribution in [3.05, 3.63) is 23.8 Å². The second-order valence-electron chi connectivity index (χ2n) is 3.47. The molecule has 2 aliphatic carbocycles. The van der Waals surface area contributed by atoms with Crippen molar-refractivity contribution in [2.45, 2.75) is 20.3 Å². The van der Waals surface area contributed by atoms with Gasteiger partial charge in [0.2, 0.25) is 0 Å². The summed E-state index contributed by atoms with van der Waals surface area (Å²) in [6.45, 7) is 4.53. The van der Waals surface area contributed by atoms with Crippen LogP contribution in [-0.2, 0) is 6.42 Å². The lowest BCUT2D eigenvalue weighted by atomic mass is 10.1. The molecule has 0 aromatic rings. The molecule has 0 bridgehead atoms. The number of fused-ring (bicyclic) bond motifs is 1. The predicted octanol–water partition coefficient (Wildman–Crippen LogP) is 2.87. The summed E-state index contributed by atoms with van der Waals surface area (Å²) in [7, 11) is 0. The van der Waals surface area contributed by atoms with E-state index in [4.69, 9.17) is 0 Å². The SMILES string of the molecule is CC(C)Cc1ccc2cc1-2. The zero-order chi connectivity index (χ0) is 7.14. The van der Waals surface area contributed by atoms with Gasteiger partial charge in [-0.2, -0.15) is 0 Å². The Bertz CT molecular complexity index is 259. The lowest BCUT2D eigenvalue weighted by Gasteiger charge is -2.00. The van der Waals surface area contributed by atoms with Crippen molar-refractivity contribution in [2.75, 3.05) is 0 Å². The first-order chi connectivity index (χ1) is 4.77. The van der Waals surface area contributed by atoms with Crippen molar-refractivity contribution in [1.82, 2.24) is 0 Å². The van der Waals surface area contributed by atoms with Gasteiger partial charge in [-0.1, -0.05) is 26.0 Å². The molecule has 0 fully saturated rings. The van der Waals surface area contributed by atoms with Crippen LogP contribution in [-0.4, -0.2) is 0 Å². The third kappa shape index (κ3) is 0.841. The highest BCUT2D eigenvalue weighted by atomic mass is 14.2. The first-order valence-electron chi connectivity index (χ1n) is 3.90. The Kier molecular flexibility index (Phi) is 1.10. The molecule has 0 saturated carbocycles. The van der Waals surface area contributed by atoms with Gasteiger partial charge in [0, 0.05) is 0 Å². The van der Waals surface area contributed by atoms with Gasteiger partial charge >= 0.3 is 0 Å². The fourth-order valence-corrected chi connectivity index (χ4v) is 1.43. The van der Waals surface area contributed by atoms with E-state index in [9.17, 15) is 0 Å². The molecule has 0 aromatic heterocycles. The summed E-state index contributed by atoms with van der Waals surface area (Å²) in [6, 6.07) is 6.73. The number of hydrogen-bond donors (Lipinski definition) is 0. The molecule has 0 atom stereocenters. The van der Waals surface area contributed by atoms with Crippen LogP contribution in [0.3, 0.4) is 0 Å². The third-order valence-corrected chi connectivity index (χ3v) is 1.97. The topological polar surface area (TPSA) is 0 Å². The standard InChI is InChI=1S/C10H12/c1-7(2)5-8-3-4-9-6-10(8)9/h3-4,6-7H,5H2,1-2H3. The minimum Gasteiger partial charge on any atom is -0.0625 e. The summed E-state index contributed by atoms with van der Waals surface area (Å²) in [5.41, 5.74) is 4.54. The van der Waals surface area contributed by atoms with Crippen molar-refractivity contribution in [3.8, 4) is 11.1 Å². The molecule has 0 amide bonds. The molecule has 2 aliphatic rings. The Balaban J connectivity index is 2.14. The first-order valence-corrected chi connectivity index (χ1v) is 3.90. The summed E-state index contributed by atoms with van der Waals surface area (Å²) in [5, 5.41) is 0. The van der Waals surface area contributed by atoms with Crippen molar-refractivity contribution < 1.29 is 0 Å². The highest BCUT2D eigenvalue weighted by Crippen LogP contribution is 2.39. The Morgan fingerprint density at radius 1 is 1.30 bits per heavy atom. The van der Waals surface area contributed by atoms with Crippen molar-refractivity contribution in [2.24, 2.45) is 5.92 Å². The van der Waals surface area contributed by atoms with Crippen LogP contribution in [0, 0.1) is 5.92 Å². The Hall–Kier alpha value is -0.780. The molecular formula is C10H12. The fraction of sp³-hybridized carbons (Fsp3) is 0.400. The maximum atomic E-state index is 2.27. The van der Waals surface area contributed by atoms with Gasteiger partial charge in [-0.05, 0) is 35.1 Å². The van der Waals surface area contributed by atoms with Crippen LogP contribution >= 0.6 is 0 Å². The van der Waals surface area contributed by atoms with Gasteiger partial charge < -0.3 is 0 Å². The van der Waals surface area contributed by atoms with Crippen LogP contribution in [0.2, 0.25) is 0 Å². The minimum absolute atomic E-state index is 0.792. The number of benzene rings is 1. The highest BCUT2D eigenvalue weighted by Gasteiger charge is 2.16. The van der Waals surface area contributed by atoms with E-state index in [2.05, 4.69) is 32.0 Å². The Morgan fingerprint density at radius 3 is 2.50 bits per heavy atom. The Labute approximate surface area is 61.9 Å². The molecule has 2 rings (SSSR count). The lowest BCUT2D eigenvalue weighted by molar-refractivity contribution is 0.649. The largest absolute Gasteiger partial charge is 0.0625 e. The van der Waals surface area contributed by atoms with E-state index in [-0.39, 0.29) is 0 Å². The van der Waals surface area contributed by atoms with Gasteiger partial charge in [0.25, 0.3) is 0 Å². The molecule has 10 heavy (non-hydrogen) atoms. The van der Waals surface area contributed by atoms with E-state index in [0.29, 0.717) is 0 Å². The molecule has 0 unspecified atom stereocenters. The fourth-order valence-electron chi connectivity index (χ4n) is 1.43. The van der Waals surface area contributed by atoms with Gasteiger partial charge in [0.05, 0.1) is 0 Å². The summed E-state index contributed by atoms with van der Waals surface area (Å²) < 4.78 is 0. The third-order valence-electron chi connectivity index (χ3n) is 1.97. The molecule has 0 aliphatic heterocycles. The van der Waals surface area contributed by atoms with Crippen LogP contribution in [0.4, 0.5) is 0 Å². The smallest absolute Gasteiger partial charge is 0.0145 e. The summed E-state index contributed by atoms with van der Waals surface area (Å²) in [6.07, 6.45) is 1.24. The second-order valence-corrected chi connectivity index (χ2v) is 3.47. The first kappa shape index (κ1) is 5.96. The van der Waals surface area contributed by atoms with Crippen molar-refractivity contribution in [3.63, 3.8) is 0 Å². The normalized spacial score (nSPS) is 12.3. The predicted molar refractivity (Wildman–Crippen MR) is 44.0 cm³/mol. The molecular weight excluding hydrogens is 120 g/mol. The van der Waals surface area contributed by atoms with Gasteiger partial charge in [0.15, 0.2) is 0 Å². The van der Waals surface area contributed by atoms with Crippen LogP contribution in [0.1, 0.15) is 19.4 Å². The molecule has 0 spiro atoms. The maximum Gasteiger partial charge on any atom is -0.0145 e. The molecule has 0 radical (unpaired) electrons. The van der Waals surface area contributed by atoms with Gasteiger partial charge in [-0.25, -0.2) is 0 Å². The van der Waals surface area contributed by atoms with Crippen molar-refractivity contribution >= 4 is 0 Å². The minimum atomic E-state index is 0.792. The number of rotatable bonds is 2. The van der Waals surface area contributed by atoms with Crippen LogP contribution in [0.25, 0.3) is 11.1 Å². The van der Waals surface area contributed by atoms with Gasteiger partial charge in [-0.15, -0.1) is 0 Å². The van der Waals surface area contributed by atoms with E-state index in [1.165, 1.54) is 17.5 Å². The van der Waals surface area contributed by atoms with E-state index in [0.717, 1.165) is 5.92 Å². The maximum absolute atomic E-state index is 2.27. The van der Waals surface area contributed by atoms with E-state index in [1.54, 1.807) is 5.56 Å². The molecule has 0 N–H and O–H groups in total. The van der Waals surface area contributed by atoms with E-state index < -0.39 is 0 Å². The highest BCUT2D eigenvalue weighted by molar-refractivity contribution is 5.84. The zero-order valence-corrected chi connectivity index (χ0v) is 6.52. The van der Waals surface area contributed by atoms with Crippen LogP contribution in [0.15, 0.2) is 18.2 Å². The lowest BCUT2D eigenvalue weighted by Crippen LogP contribution is -1.90. The molecule has 0 saturated heterocycles. The average Bonchev–Trinajstić information content (AvgIpc) is 2.52.